The number of nitrogens with zero attached hydrogens (tertiary/aromatic N) is 1. The molecule has 1 fully saturated rings. The highest BCUT2D eigenvalue weighted by molar-refractivity contribution is 14.0. The van der Waals surface area contributed by atoms with Gasteiger partial charge in [0.1, 0.15) is 0 Å². The molecule has 0 aliphatic heterocycles. The van der Waals surface area contributed by atoms with Crippen molar-refractivity contribution in [3.05, 3.63) is 59.7 Å². The molecular formula is C24H34IN3O3. The molecule has 2 aromatic carbocycles. The summed E-state index contributed by atoms with van der Waals surface area (Å²) >= 11 is 0. The maximum Gasteiger partial charge on any atom is 0.191 e. The second kappa shape index (κ2) is 13.4. The number of halogens is 1. The maximum absolute atomic E-state index is 9.74. The summed E-state index contributed by atoms with van der Waals surface area (Å²) in [6.07, 6.45) is 4.96. The summed E-state index contributed by atoms with van der Waals surface area (Å²) in [6.45, 7) is 1.28. The second-order valence-corrected chi connectivity index (χ2v) is 7.61. The topological polar surface area (TPSA) is 75.1 Å². The number of ether oxygens (including phenoxy) is 2. The van der Waals surface area contributed by atoms with Crippen LogP contribution in [0.5, 0.6) is 11.5 Å². The lowest BCUT2D eigenvalue weighted by Crippen LogP contribution is -2.39. The van der Waals surface area contributed by atoms with E-state index >= 15 is 0 Å². The minimum absolute atomic E-state index is 0. The first-order valence-electron chi connectivity index (χ1n) is 10.7. The summed E-state index contributed by atoms with van der Waals surface area (Å²) in [5.74, 6) is 2.27. The molecule has 1 atom stereocenters. The minimum atomic E-state index is 0. The van der Waals surface area contributed by atoms with Gasteiger partial charge in [-0.05, 0) is 48.9 Å². The Balaban J connectivity index is 0.00000341. The van der Waals surface area contributed by atoms with Gasteiger partial charge in [-0.25, -0.2) is 0 Å². The van der Waals surface area contributed by atoms with Gasteiger partial charge < -0.3 is 25.2 Å². The van der Waals surface area contributed by atoms with Gasteiger partial charge in [0.15, 0.2) is 17.5 Å². The first kappa shape index (κ1) is 25.3. The van der Waals surface area contributed by atoms with Gasteiger partial charge in [-0.3, -0.25) is 4.99 Å². The molecule has 0 heterocycles. The largest absolute Gasteiger partial charge is 0.493 e. The van der Waals surface area contributed by atoms with E-state index in [-0.39, 0.29) is 42.6 Å². The van der Waals surface area contributed by atoms with Crippen molar-refractivity contribution in [2.45, 2.75) is 44.2 Å². The van der Waals surface area contributed by atoms with Gasteiger partial charge in [0.2, 0.25) is 0 Å². The highest BCUT2D eigenvalue weighted by Crippen LogP contribution is 2.32. The van der Waals surface area contributed by atoms with Crippen molar-refractivity contribution in [1.82, 2.24) is 10.6 Å². The lowest BCUT2D eigenvalue weighted by molar-refractivity contribution is 0.200. The number of benzene rings is 2. The predicted octanol–water partition coefficient (Wildman–Crippen LogP) is 4.08. The highest BCUT2D eigenvalue weighted by Gasteiger charge is 2.18. The van der Waals surface area contributed by atoms with E-state index in [0.29, 0.717) is 19.0 Å². The lowest BCUT2D eigenvalue weighted by Gasteiger charge is -2.19. The van der Waals surface area contributed by atoms with Gasteiger partial charge in [0.25, 0.3) is 0 Å². The monoisotopic (exact) mass is 539 g/mol. The van der Waals surface area contributed by atoms with E-state index in [1.807, 2.05) is 48.5 Å². The molecule has 31 heavy (non-hydrogen) atoms. The van der Waals surface area contributed by atoms with Crippen LogP contribution in [0.1, 0.15) is 42.7 Å². The number of aliphatic hydroxyl groups excluding tert-OH is 1. The Labute approximate surface area is 202 Å². The Morgan fingerprint density at radius 1 is 1.10 bits per heavy atom. The summed E-state index contributed by atoms with van der Waals surface area (Å²) in [5, 5.41) is 16.4. The molecule has 1 aliphatic rings. The Hall–Kier alpha value is -2.00. The lowest BCUT2D eigenvalue weighted by atomic mass is 10.0. The van der Waals surface area contributed by atoms with Crippen molar-refractivity contribution in [3.8, 4) is 11.5 Å². The smallest absolute Gasteiger partial charge is 0.191 e. The van der Waals surface area contributed by atoms with Crippen molar-refractivity contribution in [2.24, 2.45) is 4.99 Å². The van der Waals surface area contributed by atoms with Crippen molar-refractivity contribution in [2.75, 3.05) is 27.3 Å². The van der Waals surface area contributed by atoms with Crippen LogP contribution in [0.4, 0.5) is 0 Å². The van der Waals surface area contributed by atoms with Crippen molar-refractivity contribution in [3.63, 3.8) is 0 Å². The maximum atomic E-state index is 9.74. The number of nitrogens with one attached hydrogen (secondary N) is 2. The molecule has 3 N–H and O–H groups in total. The number of hydrogen-bond donors (Lipinski definition) is 3. The summed E-state index contributed by atoms with van der Waals surface area (Å²) in [6, 6.07) is 16.0. The Kier molecular flexibility index (Phi) is 10.9. The van der Waals surface area contributed by atoms with Crippen LogP contribution in [0.3, 0.4) is 0 Å². The van der Waals surface area contributed by atoms with Crippen LogP contribution >= 0.6 is 24.0 Å². The van der Waals surface area contributed by atoms with Gasteiger partial charge >= 0.3 is 0 Å². The minimum Gasteiger partial charge on any atom is -0.493 e. The van der Waals surface area contributed by atoms with E-state index in [4.69, 9.17) is 9.47 Å². The molecule has 170 valence electrons. The number of aliphatic hydroxyl groups is 1. The summed E-state index contributed by atoms with van der Waals surface area (Å²) in [4.78, 5) is 4.30. The third-order valence-electron chi connectivity index (χ3n) is 5.51. The normalized spacial score (nSPS) is 15.1. The van der Waals surface area contributed by atoms with E-state index in [0.717, 1.165) is 35.5 Å². The van der Waals surface area contributed by atoms with Crippen LogP contribution in [0, 0.1) is 0 Å². The van der Waals surface area contributed by atoms with Crippen molar-refractivity contribution in [1.29, 1.82) is 0 Å². The summed E-state index contributed by atoms with van der Waals surface area (Å²) in [7, 11) is 3.42. The van der Waals surface area contributed by atoms with E-state index in [9.17, 15) is 5.11 Å². The number of guanidine groups is 1. The van der Waals surface area contributed by atoms with E-state index in [2.05, 4.69) is 15.6 Å². The van der Waals surface area contributed by atoms with Gasteiger partial charge in [-0.1, -0.05) is 36.4 Å². The van der Waals surface area contributed by atoms with E-state index < -0.39 is 0 Å². The van der Waals surface area contributed by atoms with Crippen LogP contribution in [0.25, 0.3) is 0 Å². The van der Waals surface area contributed by atoms with Gasteiger partial charge in [-0.2, -0.15) is 0 Å². The molecule has 3 rings (SSSR count). The fourth-order valence-corrected chi connectivity index (χ4v) is 3.75. The third-order valence-corrected chi connectivity index (χ3v) is 5.51. The molecule has 0 saturated heterocycles. The third kappa shape index (κ3) is 7.57. The molecule has 1 aliphatic carbocycles. The SMILES string of the molecule is CN=C(NCc1ccc(OC)c(OC2CCCC2)c1)NCC(CO)c1ccccc1.I. The fraction of sp³-hybridized carbons (Fsp3) is 0.458. The number of methoxy groups -OCH3 is 1. The molecule has 1 unspecified atom stereocenters. The second-order valence-electron chi connectivity index (χ2n) is 7.61. The van der Waals surface area contributed by atoms with E-state index in [1.165, 1.54) is 12.8 Å². The number of hydrogen-bond acceptors (Lipinski definition) is 4. The molecule has 1 saturated carbocycles. The zero-order chi connectivity index (χ0) is 21.2. The van der Waals surface area contributed by atoms with Gasteiger partial charge in [0, 0.05) is 26.1 Å². The molecular weight excluding hydrogens is 505 g/mol. The number of aliphatic imine (C=N–C) groups is 1. The van der Waals surface area contributed by atoms with E-state index in [1.54, 1.807) is 14.2 Å². The van der Waals surface area contributed by atoms with Crippen LogP contribution in [-0.4, -0.2) is 44.5 Å². The predicted molar refractivity (Wildman–Crippen MR) is 136 cm³/mol. The van der Waals surface area contributed by atoms with Crippen molar-refractivity contribution >= 4 is 29.9 Å². The molecule has 0 radical (unpaired) electrons. The first-order valence-corrected chi connectivity index (χ1v) is 10.7. The molecule has 0 bridgehead atoms. The molecule has 2 aromatic rings. The average molecular weight is 539 g/mol. The van der Waals surface area contributed by atoms with Crippen LogP contribution in [0.15, 0.2) is 53.5 Å². The van der Waals surface area contributed by atoms with Crippen LogP contribution < -0.4 is 20.1 Å². The fourth-order valence-electron chi connectivity index (χ4n) is 3.75. The average Bonchev–Trinajstić information content (AvgIpc) is 3.30. The first-order chi connectivity index (χ1) is 14.7. The Morgan fingerprint density at radius 2 is 1.84 bits per heavy atom. The standard InChI is InChI=1S/C24H33N3O3.HI/c1-25-24(27-16-20(17-28)19-8-4-3-5-9-19)26-15-18-12-13-22(29-2)23(14-18)30-21-10-6-7-11-21;/h3-5,8-9,12-14,20-21,28H,6-7,10-11,15-17H2,1-2H3,(H2,25,26,27);1H. The van der Waals surface area contributed by atoms with Gasteiger partial charge in [-0.15, -0.1) is 24.0 Å². The molecule has 7 heteroatoms. The quantitative estimate of drug-likeness (QED) is 0.255. The Bertz CT molecular complexity index is 811. The molecule has 0 aromatic heterocycles. The molecule has 0 amide bonds. The van der Waals surface area contributed by atoms with Crippen molar-refractivity contribution < 1.29 is 14.6 Å². The molecule has 6 nitrogen and oxygen atoms in total. The van der Waals surface area contributed by atoms with Crippen LogP contribution in [0.2, 0.25) is 0 Å². The summed E-state index contributed by atoms with van der Waals surface area (Å²) < 4.78 is 11.7. The Morgan fingerprint density at radius 3 is 2.48 bits per heavy atom. The zero-order valence-corrected chi connectivity index (χ0v) is 20.7. The van der Waals surface area contributed by atoms with Crippen LogP contribution in [-0.2, 0) is 6.54 Å². The summed E-state index contributed by atoms with van der Waals surface area (Å²) in [5.41, 5.74) is 2.19. The number of rotatable bonds is 9. The molecule has 0 spiro atoms. The van der Waals surface area contributed by atoms with Gasteiger partial charge in [0.05, 0.1) is 19.8 Å². The zero-order valence-electron chi connectivity index (χ0n) is 18.3. The highest BCUT2D eigenvalue weighted by atomic mass is 127.